The number of primary amides is 1. The summed E-state index contributed by atoms with van der Waals surface area (Å²) in [6.45, 7) is -0.917. The van der Waals surface area contributed by atoms with E-state index in [0.29, 0.717) is 11.3 Å². The minimum atomic E-state index is -1.66. The smallest absolute Gasteiger partial charge is 0.328 e. The first-order valence-electron chi connectivity index (χ1n) is 10.9. The average molecular weight is 504 g/mol. The van der Waals surface area contributed by atoms with E-state index in [1.807, 2.05) is 5.32 Å². The van der Waals surface area contributed by atoms with Gasteiger partial charge in [-0.3, -0.25) is 19.2 Å². The van der Waals surface area contributed by atoms with Crippen molar-refractivity contribution in [2.45, 2.75) is 43.4 Å². The second-order valence-corrected chi connectivity index (χ2v) is 7.95. The van der Waals surface area contributed by atoms with Crippen LogP contribution in [0.5, 0.6) is 0 Å². The Balaban J connectivity index is 2.19. The molecule has 14 heteroatoms. The Morgan fingerprint density at radius 3 is 2.08 bits per heavy atom. The summed E-state index contributed by atoms with van der Waals surface area (Å²) in [4.78, 5) is 67.7. The fourth-order valence-corrected chi connectivity index (χ4v) is 3.20. The van der Waals surface area contributed by atoms with Crippen LogP contribution in [-0.4, -0.2) is 80.6 Å². The van der Waals surface area contributed by atoms with Crippen molar-refractivity contribution < 1.29 is 34.2 Å². The average Bonchev–Trinajstić information content (AvgIpc) is 3.34. The Morgan fingerprint density at radius 1 is 0.917 bits per heavy atom. The lowest BCUT2D eigenvalue weighted by atomic mass is 10.0. The SMILES string of the molecule is NC(=O)CC(NC(=O)C(Cc1ccccc1)NC(=O)C(N)Cc1cnc[nH]1)C(=O)NC(CO)C(=O)O. The molecule has 1 aromatic carbocycles. The molecule has 0 bridgehead atoms. The van der Waals surface area contributed by atoms with Crippen molar-refractivity contribution in [2.24, 2.45) is 11.5 Å². The molecule has 2 rings (SSSR count). The molecule has 0 aliphatic heterocycles. The van der Waals surface area contributed by atoms with Crippen molar-refractivity contribution >= 4 is 29.6 Å². The molecule has 0 fully saturated rings. The van der Waals surface area contributed by atoms with Gasteiger partial charge in [0.25, 0.3) is 0 Å². The number of aromatic nitrogens is 2. The van der Waals surface area contributed by atoms with E-state index in [9.17, 15) is 24.0 Å². The van der Waals surface area contributed by atoms with Crippen LogP contribution >= 0.6 is 0 Å². The molecule has 2 aromatic rings. The van der Waals surface area contributed by atoms with E-state index in [-0.39, 0.29) is 12.8 Å². The lowest BCUT2D eigenvalue weighted by molar-refractivity contribution is -0.143. The molecule has 0 radical (unpaired) electrons. The molecule has 4 amide bonds. The second-order valence-electron chi connectivity index (χ2n) is 7.95. The largest absolute Gasteiger partial charge is 0.480 e. The molecule has 1 heterocycles. The molecule has 0 aliphatic carbocycles. The summed E-state index contributed by atoms with van der Waals surface area (Å²) in [6, 6.07) is 3.24. The van der Waals surface area contributed by atoms with Crippen LogP contribution in [-0.2, 0) is 36.8 Å². The molecule has 0 saturated heterocycles. The van der Waals surface area contributed by atoms with Gasteiger partial charge in [0.15, 0.2) is 0 Å². The van der Waals surface area contributed by atoms with Gasteiger partial charge < -0.3 is 42.6 Å². The number of aliphatic hydroxyl groups excluding tert-OH is 1. The summed E-state index contributed by atoms with van der Waals surface area (Å²) < 4.78 is 0. The van der Waals surface area contributed by atoms with Gasteiger partial charge in [0.05, 0.1) is 25.4 Å². The number of carbonyl (C=O) groups excluding carboxylic acids is 4. The Bertz CT molecular complexity index is 1050. The van der Waals surface area contributed by atoms with Crippen LogP contribution in [0.2, 0.25) is 0 Å². The summed E-state index contributed by atoms with van der Waals surface area (Å²) in [5.74, 6) is -5.00. The number of nitrogens with two attached hydrogens (primary N) is 2. The molecule has 4 atom stereocenters. The molecule has 0 aliphatic rings. The first kappa shape index (κ1) is 27.9. The Kier molecular flexibility index (Phi) is 10.5. The van der Waals surface area contributed by atoms with Gasteiger partial charge in [0, 0.05) is 24.7 Å². The minimum Gasteiger partial charge on any atom is -0.480 e. The monoisotopic (exact) mass is 503 g/mol. The number of imidazole rings is 1. The van der Waals surface area contributed by atoms with Crippen molar-refractivity contribution in [3.63, 3.8) is 0 Å². The number of H-pyrrole nitrogens is 1. The van der Waals surface area contributed by atoms with Gasteiger partial charge in [-0.05, 0) is 5.56 Å². The fourth-order valence-electron chi connectivity index (χ4n) is 3.20. The number of aliphatic hydroxyl groups is 1. The van der Waals surface area contributed by atoms with E-state index in [1.54, 1.807) is 30.3 Å². The van der Waals surface area contributed by atoms with Gasteiger partial charge >= 0.3 is 5.97 Å². The molecular formula is C22H29N7O7. The molecule has 4 unspecified atom stereocenters. The predicted molar refractivity (Wildman–Crippen MR) is 125 cm³/mol. The second kappa shape index (κ2) is 13.6. The van der Waals surface area contributed by atoms with Crippen molar-refractivity contribution in [3.8, 4) is 0 Å². The van der Waals surface area contributed by atoms with Crippen LogP contribution in [0, 0.1) is 0 Å². The first-order chi connectivity index (χ1) is 17.1. The van der Waals surface area contributed by atoms with Gasteiger partial charge in [-0.25, -0.2) is 9.78 Å². The summed E-state index contributed by atoms with van der Waals surface area (Å²) in [5, 5.41) is 25.1. The number of carboxylic acids is 1. The van der Waals surface area contributed by atoms with E-state index >= 15 is 0 Å². The maximum Gasteiger partial charge on any atom is 0.328 e. The fraction of sp³-hybridized carbons (Fsp3) is 0.364. The highest BCUT2D eigenvalue weighted by Crippen LogP contribution is 2.06. The quantitative estimate of drug-likeness (QED) is 0.130. The molecule has 1 aromatic heterocycles. The van der Waals surface area contributed by atoms with E-state index in [2.05, 4.69) is 20.6 Å². The van der Waals surface area contributed by atoms with Gasteiger partial charge in [-0.2, -0.15) is 0 Å². The van der Waals surface area contributed by atoms with E-state index in [1.165, 1.54) is 12.5 Å². The number of hydrogen-bond acceptors (Lipinski definition) is 8. The third kappa shape index (κ3) is 8.81. The van der Waals surface area contributed by atoms with Crippen LogP contribution in [0.4, 0.5) is 0 Å². The van der Waals surface area contributed by atoms with Crippen LogP contribution in [0.3, 0.4) is 0 Å². The van der Waals surface area contributed by atoms with Crippen molar-refractivity contribution in [1.82, 2.24) is 25.9 Å². The minimum absolute atomic E-state index is 0.0223. The topological polar surface area (TPSA) is 243 Å². The van der Waals surface area contributed by atoms with E-state index in [0.717, 1.165) is 0 Å². The number of aromatic amines is 1. The Labute approximate surface area is 205 Å². The zero-order valence-electron chi connectivity index (χ0n) is 19.2. The zero-order valence-corrected chi connectivity index (χ0v) is 19.2. The summed E-state index contributed by atoms with van der Waals surface area (Å²) in [5.41, 5.74) is 12.4. The first-order valence-corrected chi connectivity index (χ1v) is 10.9. The Morgan fingerprint density at radius 2 is 1.53 bits per heavy atom. The van der Waals surface area contributed by atoms with Gasteiger partial charge in [0.1, 0.15) is 18.1 Å². The summed E-state index contributed by atoms with van der Waals surface area (Å²) in [7, 11) is 0. The normalized spacial score (nSPS) is 14.1. The highest BCUT2D eigenvalue weighted by Gasteiger charge is 2.31. The van der Waals surface area contributed by atoms with Crippen molar-refractivity contribution in [3.05, 3.63) is 54.1 Å². The number of benzene rings is 1. The lowest BCUT2D eigenvalue weighted by Crippen LogP contribution is -2.58. The van der Waals surface area contributed by atoms with Crippen molar-refractivity contribution in [2.75, 3.05) is 6.61 Å². The Hall–Kier alpha value is -4.30. The molecule has 194 valence electrons. The maximum absolute atomic E-state index is 13.1. The highest BCUT2D eigenvalue weighted by atomic mass is 16.4. The van der Waals surface area contributed by atoms with E-state index in [4.69, 9.17) is 21.7 Å². The number of aliphatic carboxylic acids is 1. The number of rotatable bonds is 14. The van der Waals surface area contributed by atoms with Crippen LogP contribution in [0.15, 0.2) is 42.9 Å². The number of amides is 4. The highest BCUT2D eigenvalue weighted by molar-refractivity contribution is 5.96. The standard InChI is InChI=1S/C22H29N7O7/c23-14(7-13-9-25-11-26-13)19(32)27-15(6-12-4-2-1-3-5-12)20(33)28-16(8-18(24)31)21(34)29-17(10-30)22(35)36/h1-5,9,11,14-17,30H,6-8,10,23H2,(H2,24,31)(H,25,26)(H,27,32)(H,28,33)(H,29,34)(H,35,36). The number of nitrogens with one attached hydrogen (secondary N) is 4. The zero-order chi connectivity index (χ0) is 26.7. The van der Waals surface area contributed by atoms with Crippen LogP contribution < -0.4 is 27.4 Å². The van der Waals surface area contributed by atoms with Crippen LogP contribution in [0.25, 0.3) is 0 Å². The van der Waals surface area contributed by atoms with Gasteiger partial charge in [0.2, 0.25) is 23.6 Å². The summed E-state index contributed by atoms with van der Waals surface area (Å²) >= 11 is 0. The van der Waals surface area contributed by atoms with E-state index < -0.39 is 66.8 Å². The number of carbonyl (C=O) groups is 5. The molecule has 36 heavy (non-hydrogen) atoms. The van der Waals surface area contributed by atoms with Gasteiger partial charge in [-0.1, -0.05) is 30.3 Å². The van der Waals surface area contributed by atoms with Crippen LogP contribution in [0.1, 0.15) is 17.7 Å². The third-order valence-electron chi connectivity index (χ3n) is 5.08. The lowest BCUT2D eigenvalue weighted by Gasteiger charge is -2.24. The van der Waals surface area contributed by atoms with Gasteiger partial charge in [-0.15, -0.1) is 0 Å². The molecule has 14 nitrogen and oxygen atoms in total. The molecule has 0 spiro atoms. The third-order valence-corrected chi connectivity index (χ3v) is 5.08. The number of carboxylic acid groups (broad SMARTS) is 1. The maximum atomic E-state index is 13.1. The number of hydrogen-bond donors (Lipinski definition) is 8. The molecular weight excluding hydrogens is 474 g/mol. The van der Waals surface area contributed by atoms with Crippen molar-refractivity contribution in [1.29, 1.82) is 0 Å². The summed E-state index contributed by atoms with van der Waals surface area (Å²) in [6.07, 6.45) is 2.43. The number of nitrogens with zero attached hydrogens (tertiary/aromatic N) is 1. The molecule has 0 saturated carbocycles. The predicted octanol–water partition coefficient (Wildman–Crippen LogP) is -3.07. The molecule has 10 N–H and O–H groups in total.